The van der Waals surface area contributed by atoms with E-state index in [0.717, 1.165) is 32.9 Å². The number of alkyl halides is 2. The summed E-state index contributed by atoms with van der Waals surface area (Å²) >= 11 is 11.1. The number of benzene rings is 2. The molecule has 0 spiro atoms. The molecule has 0 saturated heterocycles. The van der Waals surface area contributed by atoms with Gasteiger partial charge in [-0.3, -0.25) is 9.59 Å². The minimum Gasteiger partial charge on any atom is -0.325 e. The Labute approximate surface area is 160 Å². The average Bonchev–Trinajstić information content (AvgIpc) is 2.61. The molecule has 2 N–H and O–H groups in total. The predicted octanol–water partition coefficient (Wildman–Crippen LogP) is 4.36. The molecule has 3 rings (SSSR count). The first-order valence-corrected chi connectivity index (χ1v) is 9.05. The summed E-state index contributed by atoms with van der Waals surface area (Å²) in [6.45, 7) is 3.84. The van der Waals surface area contributed by atoms with Gasteiger partial charge >= 0.3 is 0 Å². The molecule has 0 aliphatic heterocycles. The van der Waals surface area contributed by atoms with Crippen molar-refractivity contribution in [3.8, 4) is 0 Å². The van der Waals surface area contributed by atoms with Gasteiger partial charge in [0.15, 0.2) is 0 Å². The maximum absolute atomic E-state index is 11.6. The summed E-state index contributed by atoms with van der Waals surface area (Å²) in [6, 6.07) is 9.64. The van der Waals surface area contributed by atoms with Crippen molar-refractivity contribution in [3.05, 3.63) is 41.5 Å². The van der Waals surface area contributed by atoms with Gasteiger partial charge in [0.05, 0.1) is 11.0 Å². The number of pyridine rings is 1. The number of nitrogens with zero attached hydrogens (tertiary/aromatic N) is 1. The summed E-state index contributed by atoms with van der Waals surface area (Å²) in [4.78, 5) is 27.8. The molecule has 0 saturated carbocycles. The highest BCUT2D eigenvalue weighted by molar-refractivity contribution is 6.29. The lowest BCUT2D eigenvalue weighted by atomic mass is 10.0. The number of aryl methyl sites for hydroxylation is 2. The molecule has 0 fully saturated rings. The van der Waals surface area contributed by atoms with Gasteiger partial charge in [0, 0.05) is 22.1 Å². The van der Waals surface area contributed by atoms with Crippen LogP contribution in [0.5, 0.6) is 0 Å². The topological polar surface area (TPSA) is 71.1 Å². The Kier molecular flexibility index (Phi) is 5.30. The molecule has 2 amide bonds. The van der Waals surface area contributed by atoms with E-state index in [9.17, 15) is 9.59 Å². The molecule has 0 radical (unpaired) electrons. The van der Waals surface area contributed by atoms with Crippen molar-refractivity contribution in [3.63, 3.8) is 0 Å². The van der Waals surface area contributed by atoms with Gasteiger partial charge in [-0.15, -0.1) is 23.2 Å². The van der Waals surface area contributed by atoms with Gasteiger partial charge < -0.3 is 10.6 Å². The van der Waals surface area contributed by atoms with Crippen molar-refractivity contribution in [1.82, 2.24) is 4.98 Å². The number of carbonyl (C=O) groups is 2. The summed E-state index contributed by atoms with van der Waals surface area (Å²) in [7, 11) is 0. The molecule has 3 aromatic rings. The quantitative estimate of drug-likeness (QED) is 0.514. The number of rotatable bonds is 4. The van der Waals surface area contributed by atoms with E-state index in [1.165, 1.54) is 0 Å². The molecule has 0 aliphatic rings. The first kappa shape index (κ1) is 18.4. The van der Waals surface area contributed by atoms with Crippen LogP contribution >= 0.6 is 23.2 Å². The average molecular weight is 390 g/mol. The molecule has 0 unspecified atom stereocenters. The van der Waals surface area contributed by atoms with Gasteiger partial charge in [0.1, 0.15) is 11.8 Å². The highest BCUT2D eigenvalue weighted by Crippen LogP contribution is 2.28. The number of halogens is 2. The fourth-order valence-electron chi connectivity index (χ4n) is 2.80. The zero-order chi connectivity index (χ0) is 18.8. The molecule has 7 heteroatoms. The smallest absolute Gasteiger partial charge is 0.239 e. The first-order chi connectivity index (χ1) is 12.4. The van der Waals surface area contributed by atoms with Crippen molar-refractivity contribution in [2.75, 3.05) is 22.4 Å². The van der Waals surface area contributed by atoms with Crippen molar-refractivity contribution in [2.24, 2.45) is 0 Å². The van der Waals surface area contributed by atoms with Crippen LogP contribution in [-0.2, 0) is 9.59 Å². The maximum atomic E-state index is 11.6. The lowest BCUT2D eigenvalue weighted by Gasteiger charge is -2.12. The molecular formula is C19H17Cl2N3O2. The molecule has 134 valence electrons. The Hall–Kier alpha value is -2.37. The molecule has 26 heavy (non-hydrogen) atoms. The number of hydrogen-bond donors (Lipinski definition) is 2. The van der Waals surface area contributed by atoms with Crippen LogP contribution in [0.1, 0.15) is 11.1 Å². The number of nitrogens with one attached hydrogen (secondary N) is 2. The second-order valence-corrected chi connectivity index (χ2v) is 6.61. The number of carbonyl (C=O) groups excluding carboxylic acids is 2. The highest BCUT2D eigenvalue weighted by Gasteiger charge is 2.10. The van der Waals surface area contributed by atoms with Crippen LogP contribution in [0.15, 0.2) is 30.3 Å². The summed E-state index contributed by atoms with van der Waals surface area (Å²) < 4.78 is 0. The first-order valence-electron chi connectivity index (χ1n) is 7.98. The third-order valence-electron chi connectivity index (χ3n) is 4.09. The second-order valence-electron chi connectivity index (χ2n) is 6.07. The molecule has 1 heterocycles. The summed E-state index contributed by atoms with van der Waals surface area (Å²) in [6.07, 6.45) is 0. The molecule has 2 aromatic carbocycles. The van der Waals surface area contributed by atoms with Crippen LogP contribution in [0.2, 0.25) is 0 Å². The molecule has 0 atom stereocenters. The van der Waals surface area contributed by atoms with Crippen LogP contribution in [0.25, 0.3) is 21.8 Å². The van der Waals surface area contributed by atoms with E-state index in [1.54, 1.807) is 0 Å². The summed E-state index contributed by atoms with van der Waals surface area (Å²) in [5, 5.41) is 7.48. The maximum Gasteiger partial charge on any atom is 0.239 e. The Morgan fingerprint density at radius 2 is 1.23 bits per heavy atom. The van der Waals surface area contributed by atoms with Crippen molar-refractivity contribution in [1.29, 1.82) is 0 Å². The van der Waals surface area contributed by atoms with Crippen LogP contribution in [-0.4, -0.2) is 28.6 Å². The lowest BCUT2D eigenvalue weighted by molar-refractivity contribution is -0.114. The van der Waals surface area contributed by atoms with E-state index in [0.29, 0.717) is 11.4 Å². The van der Waals surface area contributed by atoms with Gasteiger partial charge in [-0.1, -0.05) is 0 Å². The van der Waals surface area contributed by atoms with E-state index in [2.05, 4.69) is 15.6 Å². The van der Waals surface area contributed by atoms with Gasteiger partial charge in [-0.25, -0.2) is 4.98 Å². The van der Waals surface area contributed by atoms with Crippen LogP contribution in [0.4, 0.5) is 11.4 Å². The van der Waals surface area contributed by atoms with E-state index in [1.807, 2.05) is 44.2 Å². The molecule has 1 aromatic heterocycles. The van der Waals surface area contributed by atoms with Crippen molar-refractivity contribution < 1.29 is 9.59 Å². The van der Waals surface area contributed by atoms with Crippen LogP contribution in [0, 0.1) is 13.8 Å². The monoisotopic (exact) mass is 389 g/mol. The minimum atomic E-state index is -0.267. The minimum absolute atomic E-state index is 0.106. The normalized spacial score (nSPS) is 10.9. The van der Waals surface area contributed by atoms with E-state index in [-0.39, 0.29) is 23.6 Å². The highest BCUT2D eigenvalue weighted by atomic mass is 35.5. The van der Waals surface area contributed by atoms with Crippen LogP contribution < -0.4 is 10.6 Å². The van der Waals surface area contributed by atoms with Gasteiger partial charge in [-0.2, -0.15) is 0 Å². The summed E-state index contributed by atoms with van der Waals surface area (Å²) in [5.74, 6) is -0.745. The third kappa shape index (κ3) is 3.74. The molecule has 0 aliphatic carbocycles. The Bertz CT molecular complexity index is 955. The third-order valence-corrected chi connectivity index (χ3v) is 4.58. The van der Waals surface area contributed by atoms with Crippen LogP contribution in [0.3, 0.4) is 0 Å². The zero-order valence-corrected chi connectivity index (χ0v) is 15.8. The Morgan fingerprint density at radius 1 is 0.808 bits per heavy atom. The van der Waals surface area contributed by atoms with E-state index in [4.69, 9.17) is 23.2 Å². The largest absolute Gasteiger partial charge is 0.325 e. The molecule has 5 nitrogen and oxygen atoms in total. The lowest BCUT2D eigenvalue weighted by Crippen LogP contribution is -2.13. The Morgan fingerprint density at radius 3 is 1.62 bits per heavy atom. The SMILES string of the molecule is Cc1cc2cc3cc(C)c(NC(=O)CCl)cc3nc2cc1NC(=O)CCl. The fraction of sp³-hybridized carbons (Fsp3) is 0.211. The Balaban J connectivity index is 2.12. The standard InChI is InChI=1S/C19H17Cl2N3O2/c1-10-3-12-5-13-4-11(2)15(24-19(26)9-21)7-17(13)22-16(12)6-14(10)23-18(25)8-20/h3-7H,8-9H2,1-2H3,(H,23,25)(H,24,26). The van der Waals surface area contributed by atoms with Gasteiger partial charge in [0.25, 0.3) is 0 Å². The second kappa shape index (κ2) is 7.48. The number of aromatic nitrogens is 1. The van der Waals surface area contributed by atoms with E-state index < -0.39 is 0 Å². The fourth-order valence-corrected chi connectivity index (χ4v) is 2.93. The van der Waals surface area contributed by atoms with Crippen molar-refractivity contribution in [2.45, 2.75) is 13.8 Å². The number of hydrogen-bond acceptors (Lipinski definition) is 3. The molecular weight excluding hydrogens is 373 g/mol. The van der Waals surface area contributed by atoms with Crippen molar-refractivity contribution >= 4 is 68.2 Å². The molecule has 0 bridgehead atoms. The predicted molar refractivity (Wildman–Crippen MR) is 107 cm³/mol. The number of fused-ring (bicyclic) bond motifs is 2. The van der Waals surface area contributed by atoms with Gasteiger partial charge in [0.2, 0.25) is 11.8 Å². The van der Waals surface area contributed by atoms with Gasteiger partial charge in [-0.05, 0) is 55.3 Å². The number of anilines is 2. The zero-order valence-electron chi connectivity index (χ0n) is 14.3. The summed E-state index contributed by atoms with van der Waals surface area (Å²) in [5.41, 5.74) is 4.70. The number of amides is 2. The van der Waals surface area contributed by atoms with E-state index >= 15 is 0 Å².